The van der Waals surface area contributed by atoms with Gasteiger partial charge in [0.2, 0.25) is 0 Å². The van der Waals surface area contributed by atoms with Crippen LogP contribution in [0.25, 0.3) is 11.3 Å². The third-order valence-corrected chi connectivity index (χ3v) is 3.24. The Bertz CT molecular complexity index is 768. The van der Waals surface area contributed by atoms with Gasteiger partial charge >= 0.3 is 0 Å². The molecule has 1 aromatic heterocycles. The van der Waals surface area contributed by atoms with E-state index in [0.29, 0.717) is 5.82 Å². The van der Waals surface area contributed by atoms with Crippen LogP contribution in [0.4, 0.5) is 5.82 Å². The third-order valence-electron chi connectivity index (χ3n) is 3.24. The van der Waals surface area contributed by atoms with Gasteiger partial charge in [-0.1, -0.05) is 30.3 Å². The minimum absolute atomic E-state index is 0.592. The maximum atomic E-state index is 5.11. The number of methoxy groups -OCH3 is 1. The molecule has 0 bridgehead atoms. The normalized spacial score (nSPS) is 10.7. The number of anilines is 1. The molecule has 5 heteroatoms. The van der Waals surface area contributed by atoms with Crippen molar-refractivity contribution in [3.63, 3.8) is 0 Å². The molecule has 114 valence electrons. The fourth-order valence-electron chi connectivity index (χ4n) is 2.02. The zero-order valence-electron chi connectivity index (χ0n) is 12.7. The molecule has 5 nitrogen and oxygen atoms in total. The number of aromatic nitrogens is 2. The maximum Gasteiger partial charge on any atom is 0.168 e. The molecular weight excluding hydrogens is 288 g/mol. The summed E-state index contributed by atoms with van der Waals surface area (Å²) in [5.74, 6) is 1.41. The quantitative estimate of drug-likeness (QED) is 0.578. The first-order valence-electron chi connectivity index (χ1n) is 7.17. The first-order valence-corrected chi connectivity index (χ1v) is 7.17. The van der Waals surface area contributed by atoms with Gasteiger partial charge in [-0.05, 0) is 42.0 Å². The lowest BCUT2D eigenvalue weighted by molar-refractivity contribution is 0.415. The minimum Gasteiger partial charge on any atom is -0.497 e. The first-order chi connectivity index (χ1) is 11.3. The zero-order valence-corrected chi connectivity index (χ0v) is 12.7. The first kappa shape index (κ1) is 14.7. The fraction of sp³-hybridized carbons (Fsp3) is 0.0556. The van der Waals surface area contributed by atoms with Gasteiger partial charge in [-0.3, -0.25) is 5.43 Å². The second-order valence-electron chi connectivity index (χ2n) is 4.81. The molecule has 0 radical (unpaired) electrons. The number of nitrogens with zero attached hydrogens (tertiary/aromatic N) is 3. The van der Waals surface area contributed by atoms with Crippen LogP contribution >= 0.6 is 0 Å². The smallest absolute Gasteiger partial charge is 0.168 e. The topological polar surface area (TPSA) is 59.4 Å². The fourth-order valence-corrected chi connectivity index (χ4v) is 2.02. The van der Waals surface area contributed by atoms with E-state index in [1.807, 2.05) is 66.7 Å². The molecule has 0 aliphatic heterocycles. The highest BCUT2D eigenvalue weighted by Crippen LogP contribution is 2.16. The minimum atomic E-state index is 0.592. The van der Waals surface area contributed by atoms with Crippen LogP contribution in [0.1, 0.15) is 5.56 Å². The van der Waals surface area contributed by atoms with E-state index in [4.69, 9.17) is 4.74 Å². The summed E-state index contributed by atoms with van der Waals surface area (Å²) in [6, 6.07) is 21.3. The largest absolute Gasteiger partial charge is 0.497 e. The van der Waals surface area contributed by atoms with Gasteiger partial charge in [0.05, 0.1) is 19.0 Å². The number of ether oxygens (including phenoxy) is 1. The number of hydrogen-bond acceptors (Lipinski definition) is 5. The van der Waals surface area contributed by atoms with E-state index in [0.717, 1.165) is 22.6 Å². The van der Waals surface area contributed by atoms with Crippen molar-refractivity contribution in [1.82, 2.24) is 10.2 Å². The highest BCUT2D eigenvalue weighted by atomic mass is 16.5. The summed E-state index contributed by atoms with van der Waals surface area (Å²) in [6.07, 6.45) is 1.71. The van der Waals surface area contributed by atoms with Crippen LogP contribution in [0, 0.1) is 0 Å². The third kappa shape index (κ3) is 3.91. The number of nitrogens with one attached hydrogen (secondary N) is 1. The van der Waals surface area contributed by atoms with E-state index < -0.39 is 0 Å². The average Bonchev–Trinajstić information content (AvgIpc) is 2.64. The van der Waals surface area contributed by atoms with E-state index in [2.05, 4.69) is 20.7 Å². The summed E-state index contributed by atoms with van der Waals surface area (Å²) in [5, 5.41) is 12.5. The molecule has 2 aromatic carbocycles. The lowest BCUT2D eigenvalue weighted by Gasteiger charge is -2.02. The van der Waals surface area contributed by atoms with Crippen LogP contribution in [0.2, 0.25) is 0 Å². The molecule has 0 saturated carbocycles. The van der Waals surface area contributed by atoms with Crippen LogP contribution in [-0.4, -0.2) is 23.5 Å². The Morgan fingerprint density at radius 1 is 0.913 bits per heavy atom. The van der Waals surface area contributed by atoms with Crippen molar-refractivity contribution < 1.29 is 4.74 Å². The van der Waals surface area contributed by atoms with Crippen molar-refractivity contribution >= 4 is 12.0 Å². The molecule has 0 atom stereocenters. The lowest BCUT2D eigenvalue weighted by Crippen LogP contribution is -1.96. The van der Waals surface area contributed by atoms with Crippen molar-refractivity contribution in [3.8, 4) is 17.0 Å². The molecule has 0 saturated heterocycles. The molecule has 1 N–H and O–H groups in total. The summed E-state index contributed by atoms with van der Waals surface area (Å²) >= 11 is 0. The Kier molecular flexibility index (Phi) is 4.59. The molecule has 1 heterocycles. The van der Waals surface area contributed by atoms with E-state index >= 15 is 0 Å². The van der Waals surface area contributed by atoms with Crippen molar-refractivity contribution in [2.45, 2.75) is 0 Å². The van der Waals surface area contributed by atoms with Gasteiger partial charge in [-0.2, -0.15) is 5.10 Å². The molecule has 0 aliphatic carbocycles. The molecule has 0 unspecified atom stereocenters. The van der Waals surface area contributed by atoms with E-state index in [1.165, 1.54) is 0 Å². The summed E-state index contributed by atoms with van der Waals surface area (Å²) < 4.78 is 5.11. The van der Waals surface area contributed by atoms with Gasteiger partial charge in [0.25, 0.3) is 0 Å². The number of rotatable bonds is 5. The van der Waals surface area contributed by atoms with Gasteiger partial charge in [-0.25, -0.2) is 0 Å². The highest BCUT2D eigenvalue weighted by Gasteiger charge is 1.99. The lowest BCUT2D eigenvalue weighted by atomic mass is 10.1. The highest BCUT2D eigenvalue weighted by molar-refractivity contribution is 5.80. The molecule has 3 aromatic rings. The van der Waals surface area contributed by atoms with E-state index in [9.17, 15) is 0 Å². The van der Waals surface area contributed by atoms with Crippen molar-refractivity contribution in [3.05, 3.63) is 72.3 Å². The summed E-state index contributed by atoms with van der Waals surface area (Å²) in [4.78, 5) is 0. The van der Waals surface area contributed by atoms with Gasteiger partial charge < -0.3 is 4.74 Å². The summed E-state index contributed by atoms with van der Waals surface area (Å²) in [7, 11) is 1.64. The SMILES string of the molecule is COc1ccc(/C=N\Nc2ccc(-c3ccccc3)nn2)cc1. The van der Waals surface area contributed by atoms with Crippen LogP contribution < -0.4 is 10.2 Å². The Morgan fingerprint density at radius 2 is 1.70 bits per heavy atom. The molecule has 0 fully saturated rings. The van der Waals surface area contributed by atoms with E-state index in [1.54, 1.807) is 13.3 Å². The monoisotopic (exact) mass is 304 g/mol. The molecule has 0 spiro atoms. The average molecular weight is 304 g/mol. The Morgan fingerprint density at radius 3 is 2.35 bits per heavy atom. The van der Waals surface area contributed by atoms with Gasteiger partial charge in [0.1, 0.15) is 5.75 Å². The van der Waals surface area contributed by atoms with Crippen molar-refractivity contribution in [2.75, 3.05) is 12.5 Å². The maximum absolute atomic E-state index is 5.11. The van der Waals surface area contributed by atoms with Crippen LogP contribution in [0.3, 0.4) is 0 Å². The van der Waals surface area contributed by atoms with E-state index in [-0.39, 0.29) is 0 Å². The Hall–Kier alpha value is -3.21. The van der Waals surface area contributed by atoms with Gasteiger partial charge in [0.15, 0.2) is 5.82 Å². The molecule has 0 aliphatic rings. The molecule has 0 amide bonds. The van der Waals surface area contributed by atoms with Crippen molar-refractivity contribution in [1.29, 1.82) is 0 Å². The van der Waals surface area contributed by atoms with Crippen LogP contribution in [0.5, 0.6) is 5.75 Å². The van der Waals surface area contributed by atoms with Crippen LogP contribution in [0.15, 0.2) is 71.8 Å². The summed E-state index contributed by atoms with van der Waals surface area (Å²) in [5.41, 5.74) is 5.69. The predicted molar refractivity (Wildman–Crippen MR) is 91.7 cm³/mol. The zero-order chi connectivity index (χ0) is 15.9. The molecule has 3 rings (SSSR count). The summed E-state index contributed by atoms with van der Waals surface area (Å²) in [6.45, 7) is 0. The standard InChI is InChI=1S/C18H16N4O/c1-23-16-9-7-14(8-10-16)13-19-21-18-12-11-17(20-22-18)15-5-3-2-4-6-15/h2-13H,1H3,(H,21,22)/b19-13-. The number of benzene rings is 2. The molecular formula is C18H16N4O. The van der Waals surface area contributed by atoms with Crippen LogP contribution in [-0.2, 0) is 0 Å². The Balaban J connectivity index is 1.63. The number of hydrazone groups is 1. The Labute approximate surface area is 134 Å². The molecule has 23 heavy (non-hydrogen) atoms. The van der Waals surface area contributed by atoms with Gasteiger partial charge in [0, 0.05) is 5.56 Å². The van der Waals surface area contributed by atoms with Crippen molar-refractivity contribution in [2.24, 2.45) is 5.10 Å². The second-order valence-corrected chi connectivity index (χ2v) is 4.81. The second kappa shape index (κ2) is 7.17. The van der Waals surface area contributed by atoms with Gasteiger partial charge in [-0.15, -0.1) is 10.2 Å². The predicted octanol–water partition coefficient (Wildman–Crippen LogP) is 3.60. The number of hydrogen-bond donors (Lipinski definition) is 1.